The van der Waals surface area contributed by atoms with Gasteiger partial charge in [0.25, 0.3) is 0 Å². The van der Waals surface area contributed by atoms with E-state index in [1.165, 1.54) is 0 Å². The zero-order valence-corrected chi connectivity index (χ0v) is 12.4. The molecule has 0 aromatic carbocycles. The maximum Gasteiger partial charge on any atom is 0.320 e. The summed E-state index contributed by atoms with van der Waals surface area (Å²) < 4.78 is 0. The fraction of sp³-hybridized carbons (Fsp3) is 0.786. The Morgan fingerprint density at radius 3 is 2.55 bits per heavy atom. The van der Waals surface area contributed by atoms with Crippen molar-refractivity contribution in [1.29, 1.82) is 5.26 Å². The highest BCUT2D eigenvalue weighted by atomic mass is 16.4. The highest BCUT2D eigenvalue weighted by Crippen LogP contribution is 2.24. The second-order valence-electron chi connectivity index (χ2n) is 5.86. The van der Waals surface area contributed by atoms with Crippen LogP contribution < -0.4 is 0 Å². The van der Waals surface area contributed by atoms with Crippen LogP contribution in [-0.4, -0.2) is 53.1 Å². The van der Waals surface area contributed by atoms with E-state index < -0.39 is 11.9 Å². The van der Waals surface area contributed by atoms with E-state index in [1.807, 2.05) is 26.8 Å². The van der Waals surface area contributed by atoms with Crippen molar-refractivity contribution < 1.29 is 14.7 Å². The Labute approximate surface area is 120 Å². The SMILES string of the molecule is CC(C)CN(CCC#N)C(=O)N1C[C@@H](C)[C@H](C(=O)O)C1. The highest BCUT2D eigenvalue weighted by molar-refractivity contribution is 5.77. The molecule has 1 fully saturated rings. The molecule has 0 spiro atoms. The van der Waals surface area contributed by atoms with Crippen LogP contribution in [0.5, 0.6) is 0 Å². The lowest BCUT2D eigenvalue weighted by Crippen LogP contribution is -2.44. The average molecular weight is 281 g/mol. The first kappa shape index (κ1) is 16.3. The van der Waals surface area contributed by atoms with Crippen LogP contribution in [-0.2, 0) is 4.79 Å². The predicted molar refractivity (Wildman–Crippen MR) is 73.9 cm³/mol. The molecule has 6 heteroatoms. The molecule has 112 valence electrons. The van der Waals surface area contributed by atoms with Crippen molar-refractivity contribution in [3.63, 3.8) is 0 Å². The van der Waals surface area contributed by atoms with Crippen LogP contribution in [0.2, 0.25) is 0 Å². The number of urea groups is 1. The number of hydrogen-bond acceptors (Lipinski definition) is 3. The van der Waals surface area contributed by atoms with Crippen molar-refractivity contribution >= 4 is 12.0 Å². The minimum Gasteiger partial charge on any atom is -0.481 e. The number of aliphatic carboxylic acids is 1. The van der Waals surface area contributed by atoms with E-state index in [4.69, 9.17) is 10.4 Å². The largest absolute Gasteiger partial charge is 0.481 e. The van der Waals surface area contributed by atoms with E-state index >= 15 is 0 Å². The third kappa shape index (κ3) is 4.12. The van der Waals surface area contributed by atoms with Crippen molar-refractivity contribution in [1.82, 2.24) is 9.80 Å². The quantitative estimate of drug-likeness (QED) is 0.830. The molecule has 0 radical (unpaired) electrons. The van der Waals surface area contributed by atoms with Crippen LogP contribution in [0.4, 0.5) is 4.79 Å². The molecule has 2 amide bonds. The van der Waals surface area contributed by atoms with Gasteiger partial charge >= 0.3 is 12.0 Å². The van der Waals surface area contributed by atoms with Gasteiger partial charge in [-0.25, -0.2) is 4.79 Å². The number of carbonyl (C=O) groups is 2. The molecule has 1 rings (SSSR count). The van der Waals surface area contributed by atoms with Gasteiger partial charge in [0.2, 0.25) is 0 Å². The van der Waals surface area contributed by atoms with Crippen LogP contribution in [0.3, 0.4) is 0 Å². The molecule has 2 atom stereocenters. The summed E-state index contributed by atoms with van der Waals surface area (Å²) in [5.41, 5.74) is 0. The lowest BCUT2D eigenvalue weighted by Gasteiger charge is -2.28. The maximum absolute atomic E-state index is 12.5. The lowest BCUT2D eigenvalue weighted by molar-refractivity contribution is -0.142. The van der Waals surface area contributed by atoms with Crippen molar-refractivity contribution in [2.45, 2.75) is 27.2 Å². The first-order valence-electron chi connectivity index (χ1n) is 7.00. The monoisotopic (exact) mass is 281 g/mol. The third-order valence-corrected chi connectivity index (χ3v) is 3.55. The Balaban J connectivity index is 2.70. The van der Waals surface area contributed by atoms with Gasteiger partial charge < -0.3 is 14.9 Å². The van der Waals surface area contributed by atoms with Crippen LogP contribution >= 0.6 is 0 Å². The van der Waals surface area contributed by atoms with Crippen molar-refractivity contribution in [2.24, 2.45) is 17.8 Å². The van der Waals surface area contributed by atoms with E-state index in [1.54, 1.807) is 9.80 Å². The Morgan fingerprint density at radius 1 is 1.45 bits per heavy atom. The summed E-state index contributed by atoms with van der Waals surface area (Å²) >= 11 is 0. The second-order valence-corrected chi connectivity index (χ2v) is 5.86. The van der Waals surface area contributed by atoms with E-state index in [0.717, 1.165) is 0 Å². The van der Waals surface area contributed by atoms with Gasteiger partial charge in [-0.05, 0) is 11.8 Å². The molecule has 0 aliphatic carbocycles. The summed E-state index contributed by atoms with van der Waals surface area (Å²) in [4.78, 5) is 26.8. The number of likely N-dealkylation sites (tertiary alicyclic amines) is 1. The van der Waals surface area contributed by atoms with Gasteiger partial charge in [-0.1, -0.05) is 20.8 Å². The number of rotatable bonds is 5. The molecule has 0 aromatic heterocycles. The summed E-state index contributed by atoms with van der Waals surface area (Å²) in [6, 6.07) is 1.90. The molecule has 1 N–H and O–H groups in total. The van der Waals surface area contributed by atoms with Gasteiger partial charge in [-0.3, -0.25) is 4.79 Å². The molecule has 1 saturated heterocycles. The fourth-order valence-corrected chi connectivity index (χ4v) is 2.54. The molecule has 0 bridgehead atoms. The van der Waals surface area contributed by atoms with Crippen LogP contribution in [0.25, 0.3) is 0 Å². The Hall–Kier alpha value is -1.77. The molecular weight excluding hydrogens is 258 g/mol. The minimum atomic E-state index is -0.847. The summed E-state index contributed by atoms with van der Waals surface area (Å²) in [5, 5.41) is 17.8. The topological polar surface area (TPSA) is 84.6 Å². The first-order chi connectivity index (χ1) is 9.36. The van der Waals surface area contributed by atoms with Gasteiger partial charge in [0.05, 0.1) is 18.4 Å². The van der Waals surface area contributed by atoms with E-state index in [0.29, 0.717) is 32.0 Å². The highest BCUT2D eigenvalue weighted by Gasteiger charge is 2.38. The molecule has 0 saturated carbocycles. The summed E-state index contributed by atoms with van der Waals surface area (Å²) in [7, 11) is 0. The molecule has 0 unspecified atom stereocenters. The fourth-order valence-electron chi connectivity index (χ4n) is 2.54. The van der Waals surface area contributed by atoms with Crippen molar-refractivity contribution in [2.75, 3.05) is 26.2 Å². The van der Waals surface area contributed by atoms with E-state index in [2.05, 4.69) is 0 Å². The maximum atomic E-state index is 12.5. The Bertz CT molecular complexity index is 403. The molecule has 0 aromatic rings. The minimum absolute atomic E-state index is 0.0340. The molecular formula is C14H23N3O3. The van der Waals surface area contributed by atoms with Gasteiger partial charge in [0.15, 0.2) is 0 Å². The van der Waals surface area contributed by atoms with E-state index in [-0.39, 0.29) is 18.5 Å². The predicted octanol–water partition coefficient (Wildman–Crippen LogP) is 1.63. The zero-order chi connectivity index (χ0) is 15.3. The number of nitriles is 1. The third-order valence-electron chi connectivity index (χ3n) is 3.55. The van der Waals surface area contributed by atoms with Gasteiger partial charge in [-0.2, -0.15) is 5.26 Å². The Morgan fingerprint density at radius 2 is 2.10 bits per heavy atom. The Kier molecular flexibility index (Phi) is 5.81. The number of amides is 2. The van der Waals surface area contributed by atoms with Crippen LogP contribution in [0.15, 0.2) is 0 Å². The van der Waals surface area contributed by atoms with Crippen LogP contribution in [0.1, 0.15) is 27.2 Å². The molecule has 1 aliphatic heterocycles. The smallest absolute Gasteiger partial charge is 0.320 e. The van der Waals surface area contributed by atoms with Crippen molar-refractivity contribution in [3.8, 4) is 6.07 Å². The molecule has 20 heavy (non-hydrogen) atoms. The first-order valence-corrected chi connectivity index (χ1v) is 7.00. The number of nitrogens with zero attached hydrogens (tertiary/aromatic N) is 3. The number of carboxylic acids is 1. The van der Waals surface area contributed by atoms with Crippen molar-refractivity contribution in [3.05, 3.63) is 0 Å². The standard InChI is InChI=1S/C14H23N3O3/c1-10(2)7-16(6-4-5-15)14(20)17-8-11(3)12(9-17)13(18)19/h10-12H,4,6-9H2,1-3H3,(H,18,19)/t11-,12-/m1/s1. The van der Waals surface area contributed by atoms with E-state index in [9.17, 15) is 9.59 Å². The van der Waals surface area contributed by atoms with Gasteiger partial charge in [0.1, 0.15) is 0 Å². The number of carbonyl (C=O) groups excluding carboxylic acids is 1. The zero-order valence-electron chi connectivity index (χ0n) is 12.4. The second kappa shape index (κ2) is 7.13. The van der Waals surface area contributed by atoms with Crippen LogP contribution in [0, 0.1) is 29.1 Å². The molecule has 1 heterocycles. The molecule has 6 nitrogen and oxygen atoms in total. The number of carboxylic acid groups (broad SMARTS) is 1. The number of hydrogen-bond donors (Lipinski definition) is 1. The van der Waals surface area contributed by atoms with Gasteiger partial charge in [0, 0.05) is 26.2 Å². The summed E-state index contributed by atoms with van der Waals surface area (Å²) in [5.74, 6) is -1.06. The van der Waals surface area contributed by atoms with Gasteiger partial charge in [-0.15, -0.1) is 0 Å². The molecule has 1 aliphatic rings. The average Bonchev–Trinajstić information content (AvgIpc) is 2.75. The lowest BCUT2D eigenvalue weighted by atomic mass is 9.99. The normalized spacial score (nSPS) is 21.9. The summed E-state index contributed by atoms with van der Waals surface area (Å²) in [6.45, 7) is 7.60. The summed E-state index contributed by atoms with van der Waals surface area (Å²) in [6.07, 6.45) is 0.296.